The van der Waals surface area contributed by atoms with Crippen LogP contribution in [0.25, 0.3) is 0 Å². The summed E-state index contributed by atoms with van der Waals surface area (Å²) in [7, 11) is 0. The van der Waals surface area contributed by atoms with Gasteiger partial charge in [-0.25, -0.2) is 0 Å². The Hall–Kier alpha value is -1.38. The van der Waals surface area contributed by atoms with Crippen molar-refractivity contribution in [3.63, 3.8) is 0 Å². The molecule has 0 heterocycles. The molecule has 86 valence electrons. The Morgan fingerprint density at radius 3 is 2.62 bits per heavy atom. The minimum Gasteiger partial charge on any atom is -0.258 e. The van der Waals surface area contributed by atoms with Gasteiger partial charge in [0.05, 0.1) is 4.92 Å². The van der Waals surface area contributed by atoms with Gasteiger partial charge in [-0.2, -0.15) is 0 Å². The Bertz CT molecular complexity index is 401. The van der Waals surface area contributed by atoms with Gasteiger partial charge in [-0.15, -0.1) is 0 Å². The van der Waals surface area contributed by atoms with Crippen molar-refractivity contribution in [3.8, 4) is 0 Å². The third kappa shape index (κ3) is 2.23. The molecule has 0 fully saturated rings. The van der Waals surface area contributed by atoms with Crippen LogP contribution < -0.4 is 0 Å². The number of hydrogen-bond acceptors (Lipinski definition) is 2. The van der Waals surface area contributed by atoms with Gasteiger partial charge in [0.15, 0.2) is 0 Å². The first-order valence-corrected chi connectivity index (χ1v) is 5.97. The van der Waals surface area contributed by atoms with E-state index in [1.54, 1.807) is 12.1 Å². The quantitative estimate of drug-likeness (QED) is 0.434. The van der Waals surface area contributed by atoms with Crippen LogP contribution in [0.2, 0.25) is 0 Å². The van der Waals surface area contributed by atoms with Crippen LogP contribution in [0.1, 0.15) is 37.3 Å². The van der Waals surface area contributed by atoms with Crippen LogP contribution in [0.4, 0.5) is 5.69 Å². The maximum atomic E-state index is 10.7. The average Bonchev–Trinajstić information content (AvgIpc) is 2.50. The van der Waals surface area contributed by atoms with Crippen molar-refractivity contribution in [2.45, 2.75) is 39.0 Å². The van der Waals surface area contributed by atoms with Gasteiger partial charge in [0.2, 0.25) is 0 Å². The fourth-order valence-corrected chi connectivity index (χ4v) is 2.47. The Kier molecular flexibility index (Phi) is 3.22. The first-order chi connectivity index (χ1) is 7.70. The monoisotopic (exact) mass is 219 g/mol. The molecule has 0 aliphatic heterocycles. The van der Waals surface area contributed by atoms with Gasteiger partial charge in [0.25, 0.3) is 5.69 Å². The summed E-state index contributed by atoms with van der Waals surface area (Å²) in [4.78, 5) is 10.4. The molecule has 1 aromatic rings. The van der Waals surface area contributed by atoms with Gasteiger partial charge in [-0.05, 0) is 42.7 Å². The number of benzene rings is 1. The smallest absolute Gasteiger partial charge is 0.258 e. The van der Waals surface area contributed by atoms with E-state index < -0.39 is 0 Å². The third-order valence-electron chi connectivity index (χ3n) is 3.62. The molecule has 1 aliphatic carbocycles. The fraction of sp³-hybridized carbons (Fsp3) is 0.538. The van der Waals surface area contributed by atoms with Crippen LogP contribution in [0.3, 0.4) is 0 Å². The zero-order valence-electron chi connectivity index (χ0n) is 9.61. The molecule has 1 aromatic carbocycles. The number of nitro groups is 1. The number of rotatable bonds is 2. The van der Waals surface area contributed by atoms with Crippen LogP contribution >= 0.6 is 0 Å². The van der Waals surface area contributed by atoms with Crippen LogP contribution in [-0.4, -0.2) is 4.92 Å². The summed E-state index contributed by atoms with van der Waals surface area (Å²) in [5, 5.41) is 10.7. The van der Waals surface area contributed by atoms with E-state index in [9.17, 15) is 10.1 Å². The maximum Gasteiger partial charge on any atom is 0.269 e. The molecule has 0 bridgehead atoms. The summed E-state index contributed by atoms with van der Waals surface area (Å²) in [5.41, 5.74) is 2.72. The standard InChI is InChI=1S/C13H17NO2/c1-2-10-3-5-11-7-8-13(14(15)16)9-12(11)6-4-10/h7-10H,2-6H2,1H3. The van der Waals surface area contributed by atoms with Gasteiger partial charge in [-0.1, -0.05) is 19.4 Å². The van der Waals surface area contributed by atoms with Crippen LogP contribution in [0.15, 0.2) is 18.2 Å². The largest absolute Gasteiger partial charge is 0.269 e. The van der Waals surface area contributed by atoms with Crippen LogP contribution in [-0.2, 0) is 12.8 Å². The average molecular weight is 219 g/mol. The number of aryl methyl sites for hydroxylation is 2. The van der Waals surface area contributed by atoms with E-state index in [4.69, 9.17) is 0 Å². The van der Waals surface area contributed by atoms with E-state index in [-0.39, 0.29) is 10.6 Å². The fourth-order valence-electron chi connectivity index (χ4n) is 2.47. The van der Waals surface area contributed by atoms with Crippen molar-refractivity contribution in [2.75, 3.05) is 0 Å². The molecule has 0 saturated carbocycles. The van der Waals surface area contributed by atoms with Gasteiger partial charge >= 0.3 is 0 Å². The molecule has 1 atom stereocenters. The topological polar surface area (TPSA) is 43.1 Å². The summed E-state index contributed by atoms with van der Waals surface area (Å²) in [6.07, 6.45) is 5.68. The second kappa shape index (κ2) is 4.64. The lowest BCUT2D eigenvalue weighted by Gasteiger charge is -2.08. The number of nitrogens with zero attached hydrogens (tertiary/aromatic N) is 1. The van der Waals surface area contributed by atoms with E-state index in [2.05, 4.69) is 6.92 Å². The van der Waals surface area contributed by atoms with Crippen LogP contribution in [0, 0.1) is 16.0 Å². The lowest BCUT2D eigenvalue weighted by Crippen LogP contribution is -1.97. The van der Waals surface area contributed by atoms with Crippen molar-refractivity contribution in [1.82, 2.24) is 0 Å². The molecule has 0 N–H and O–H groups in total. The molecule has 2 rings (SSSR count). The van der Waals surface area contributed by atoms with Gasteiger partial charge in [0, 0.05) is 12.1 Å². The molecule has 16 heavy (non-hydrogen) atoms. The highest BCUT2D eigenvalue weighted by Gasteiger charge is 2.17. The normalized spacial score (nSPS) is 19.9. The highest BCUT2D eigenvalue weighted by molar-refractivity contribution is 5.40. The Labute approximate surface area is 95.6 Å². The summed E-state index contributed by atoms with van der Waals surface area (Å²) in [6, 6.07) is 5.32. The first-order valence-electron chi connectivity index (χ1n) is 5.97. The Morgan fingerprint density at radius 1 is 1.31 bits per heavy atom. The summed E-state index contributed by atoms with van der Waals surface area (Å²) < 4.78 is 0. The predicted octanol–water partition coefficient (Wildman–Crippen LogP) is 3.50. The number of hydrogen-bond donors (Lipinski definition) is 0. The highest BCUT2D eigenvalue weighted by Crippen LogP contribution is 2.28. The second-order valence-electron chi connectivity index (χ2n) is 4.56. The van der Waals surface area contributed by atoms with E-state index in [0.29, 0.717) is 0 Å². The molecule has 1 aliphatic rings. The summed E-state index contributed by atoms with van der Waals surface area (Å²) >= 11 is 0. The minimum absolute atomic E-state index is 0.230. The Morgan fingerprint density at radius 2 is 2.00 bits per heavy atom. The SMILES string of the molecule is CCC1CCc2ccc([N+](=O)[O-])cc2CC1. The number of fused-ring (bicyclic) bond motifs is 1. The zero-order chi connectivity index (χ0) is 11.5. The Balaban J connectivity index is 2.25. The summed E-state index contributed by atoms with van der Waals surface area (Å²) in [6.45, 7) is 2.23. The molecule has 0 radical (unpaired) electrons. The molecular weight excluding hydrogens is 202 g/mol. The van der Waals surface area contributed by atoms with E-state index >= 15 is 0 Å². The second-order valence-corrected chi connectivity index (χ2v) is 4.56. The van der Waals surface area contributed by atoms with Crippen molar-refractivity contribution in [2.24, 2.45) is 5.92 Å². The minimum atomic E-state index is -0.303. The van der Waals surface area contributed by atoms with Crippen molar-refractivity contribution in [1.29, 1.82) is 0 Å². The summed E-state index contributed by atoms with van der Waals surface area (Å²) in [5.74, 6) is 0.784. The maximum absolute atomic E-state index is 10.7. The van der Waals surface area contributed by atoms with E-state index in [1.165, 1.54) is 30.4 Å². The highest BCUT2D eigenvalue weighted by atomic mass is 16.6. The number of non-ortho nitro benzene ring substituents is 1. The van der Waals surface area contributed by atoms with E-state index in [1.807, 2.05) is 6.07 Å². The van der Waals surface area contributed by atoms with Gasteiger partial charge in [-0.3, -0.25) is 10.1 Å². The third-order valence-corrected chi connectivity index (χ3v) is 3.62. The molecule has 1 unspecified atom stereocenters. The van der Waals surface area contributed by atoms with Gasteiger partial charge < -0.3 is 0 Å². The lowest BCUT2D eigenvalue weighted by atomic mass is 9.97. The molecule has 3 heteroatoms. The van der Waals surface area contributed by atoms with Crippen molar-refractivity contribution in [3.05, 3.63) is 39.4 Å². The predicted molar refractivity (Wildman–Crippen MR) is 63.5 cm³/mol. The molecule has 0 spiro atoms. The van der Waals surface area contributed by atoms with Crippen molar-refractivity contribution < 1.29 is 4.92 Å². The lowest BCUT2D eigenvalue weighted by molar-refractivity contribution is -0.384. The molecule has 0 aromatic heterocycles. The zero-order valence-corrected chi connectivity index (χ0v) is 9.61. The number of nitro benzene ring substituents is 1. The van der Waals surface area contributed by atoms with Gasteiger partial charge in [0.1, 0.15) is 0 Å². The van der Waals surface area contributed by atoms with E-state index in [0.717, 1.165) is 18.8 Å². The van der Waals surface area contributed by atoms with Crippen molar-refractivity contribution >= 4 is 5.69 Å². The molecule has 0 saturated heterocycles. The first kappa shape index (κ1) is 11.1. The molecular formula is C13H17NO2. The molecule has 0 amide bonds. The van der Waals surface area contributed by atoms with Crippen LogP contribution in [0.5, 0.6) is 0 Å². The molecule has 3 nitrogen and oxygen atoms in total.